The van der Waals surface area contributed by atoms with Crippen LogP contribution in [0.4, 0.5) is 0 Å². The van der Waals surface area contributed by atoms with Gasteiger partial charge in [0.05, 0.1) is 23.5 Å². The van der Waals surface area contributed by atoms with Crippen LogP contribution in [0, 0.1) is 22.7 Å². The fraction of sp³-hybridized carbons (Fsp3) is 0.900. The standard InChI is InChI=1S/C20H32O5/c1-18(2,3)19(4,5)17(22)23-6-7-24-20-10-13-8-14(11-20)16(21)25-15(9-13)12-20/h13-15H,6-12H2,1-5H3. The van der Waals surface area contributed by atoms with Gasteiger partial charge < -0.3 is 14.2 Å². The minimum absolute atomic E-state index is 0.00104. The number of esters is 2. The Labute approximate surface area is 150 Å². The Kier molecular flexibility index (Phi) is 4.68. The van der Waals surface area contributed by atoms with Crippen molar-refractivity contribution in [2.75, 3.05) is 13.2 Å². The molecule has 2 saturated carbocycles. The molecule has 4 unspecified atom stereocenters. The highest BCUT2D eigenvalue weighted by molar-refractivity contribution is 5.76. The van der Waals surface area contributed by atoms with Crippen molar-refractivity contribution >= 4 is 11.9 Å². The third-order valence-electron chi connectivity index (χ3n) is 6.82. The Balaban J connectivity index is 1.53. The Morgan fingerprint density at radius 1 is 1.12 bits per heavy atom. The molecule has 4 bridgehead atoms. The molecule has 0 aromatic carbocycles. The topological polar surface area (TPSA) is 61.8 Å². The second kappa shape index (κ2) is 6.26. The molecule has 4 fully saturated rings. The van der Waals surface area contributed by atoms with E-state index >= 15 is 0 Å². The number of ether oxygens (including phenoxy) is 3. The van der Waals surface area contributed by atoms with Crippen LogP contribution in [-0.4, -0.2) is 36.9 Å². The molecule has 25 heavy (non-hydrogen) atoms. The van der Waals surface area contributed by atoms with E-state index in [-0.39, 0.29) is 41.6 Å². The molecule has 0 spiro atoms. The Bertz CT molecular complexity index is 547. The smallest absolute Gasteiger partial charge is 0.312 e. The van der Waals surface area contributed by atoms with Gasteiger partial charge in [0.25, 0.3) is 0 Å². The van der Waals surface area contributed by atoms with E-state index in [1.165, 1.54) is 0 Å². The molecule has 5 heteroatoms. The van der Waals surface area contributed by atoms with Gasteiger partial charge in [0.15, 0.2) is 0 Å². The maximum Gasteiger partial charge on any atom is 0.312 e. The lowest BCUT2D eigenvalue weighted by atomic mass is 9.65. The van der Waals surface area contributed by atoms with E-state index < -0.39 is 5.41 Å². The van der Waals surface area contributed by atoms with Crippen molar-refractivity contribution in [3.8, 4) is 0 Å². The lowest BCUT2D eigenvalue weighted by Crippen LogP contribution is -2.47. The lowest BCUT2D eigenvalue weighted by molar-refractivity contribution is -0.169. The van der Waals surface area contributed by atoms with Crippen molar-refractivity contribution in [1.82, 2.24) is 0 Å². The van der Waals surface area contributed by atoms with E-state index in [9.17, 15) is 9.59 Å². The zero-order valence-electron chi connectivity index (χ0n) is 16.2. The molecule has 142 valence electrons. The van der Waals surface area contributed by atoms with E-state index in [4.69, 9.17) is 14.2 Å². The molecule has 0 aromatic heterocycles. The van der Waals surface area contributed by atoms with Crippen LogP contribution in [0.25, 0.3) is 0 Å². The van der Waals surface area contributed by atoms with Gasteiger partial charge in [-0.15, -0.1) is 0 Å². The Morgan fingerprint density at radius 3 is 2.52 bits per heavy atom. The van der Waals surface area contributed by atoms with Crippen molar-refractivity contribution in [2.24, 2.45) is 22.7 Å². The van der Waals surface area contributed by atoms with E-state index in [0.29, 0.717) is 12.5 Å². The molecule has 5 nitrogen and oxygen atoms in total. The Hall–Kier alpha value is -1.10. The highest BCUT2D eigenvalue weighted by Gasteiger charge is 2.53. The predicted octanol–water partition coefficient (Wildman–Crippen LogP) is 3.49. The SMILES string of the molecule is CC(C)(C)C(C)(C)C(=O)OCCOC12CC3CC(C1)OC(=O)C(C3)C2. The summed E-state index contributed by atoms with van der Waals surface area (Å²) in [5.74, 6) is 0.265. The zero-order valence-corrected chi connectivity index (χ0v) is 16.2. The summed E-state index contributed by atoms with van der Waals surface area (Å²) in [5, 5.41) is 0. The molecule has 4 rings (SSSR count). The summed E-state index contributed by atoms with van der Waals surface area (Å²) < 4.78 is 17.3. The van der Waals surface area contributed by atoms with Crippen LogP contribution in [0.1, 0.15) is 66.7 Å². The van der Waals surface area contributed by atoms with Crippen LogP contribution < -0.4 is 0 Å². The predicted molar refractivity (Wildman–Crippen MR) is 92.8 cm³/mol. The third kappa shape index (κ3) is 3.57. The number of hydrogen-bond donors (Lipinski definition) is 0. The first kappa shape index (κ1) is 18.7. The van der Waals surface area contributed by atoms with E-state index in [2.05, 4.69) is 0 Å². The summed E-state index contributed by atoms with van der Waals surface area (Å²) in [6, 6.07) is 0. The van der Waals surface area contributed by atoms with Crippen molar-refractivity contribution in [1.29, 1.82) is 0 Å². The summed E-state index contributed by atoms with van der Waals surface area (Å²) in [4.78, 5) is 24.5. The van der Waals surface area contributed by atoms with Crippen LogP contribution in [0.3, 0.4) is 0 Å². The van der Waals surface area contributed by atoms with Crippen LogP contribution >= 0.6 is 0 Å². The summed E-state index contributed by atoms with van der Waals surface area (Å²) >= 11 is 0. The zero-order chi connectivity index (χ0) is 18.5. The average Bonchev–Trinajstić information content (AvgIpc) is 2.64. The minimum atomic E-state index is -0.550. The molecule has 2 saturated heterocycles. The molecule has 0 amide bonds. The summed E-state index contributed by atoms with van der Waals surface area (Å²) in [6.07, 6.45) is 4.45. The fourth-order valence-corrected chi connectivity index (χ4v) is 4.43. The number of fused-ring (bicyclic) bond motifs is 1. The first-order valence-electron chi connectivity index (χ1n) is 9.54. The van der Waals surface area contributed by atoms with Gasteiger partial charge in [-0.2, -0.15) is 0 Å². The quantitative estimate of drug-likeness (QED) is 0.560. The summed E-state index contributed by atoms with van der Waals surface area (Å²) in [5.41, 5.74) is -0.986. The van der Waals surface area contributed by atoms with Crippen LogP contribution in [0.2, 0.25) is 0 Å². The van der Waals surface area contributed by atoms with Gasteiger partial charge in [0, 0.05) is 6.42 Å². The molecule has 4 aliphatic rings. The van der Waals surface area contributed by atoms with Crippen LogP contribution in [0.5, 0.6) is 0 Å². The second-order valence-corrected chi connectivity index (χ2v) is 9.75. The number of hydrogen-bond acceptors (Lipinski definition) is 5. The van der Waals surface area contributed by atoms with Gasteiger partial charge in [-0.3, -0.25) is 9.59 Å². The van der Waals surface area contributed by atoms with Gasteiger partial charge in [-0.1, -0.05) is 20.8 Å². The molecule has 2 aliphatic heterocycles. The van der Waals surface area contributed by atoms with Crippen molar-refractivity contribution in [3.63, 3.8) is 0 Å². The molecule has 0 N–H and O–H groups in total. The van der Waals surface area contributed by atoms with Gasteiger partial charge in [0.1, 0.15) is 12.7 Å². The molecule has 4 atom stereocenters. The molecular weight excluding hydrogens is 320 g/mol. The van der Waals surface area contributed by atoms with Gasteiger partial charge >= 0.3 is 11.9 Å². The third-order valence-corrected chi connectivity index (χ3v) is 6.82. The highest BCUT2D eigenvalue weighted by atomic mass is 16.6. The van der Waals surface area contributed by atoms with Crippen molar-refractivity contribution in [3.05, 3.63) is 0 Å². The van der Waals surface area contributed by atoms with Crippen molar-refractivity contribution < 1.29 is 23.8 Å². The van der Waals surface area contributed by atoms with Gasteiger partial charge in [0.2, 0.25) is 0 Å². The van der Waals surface area contributed by atoms with E-state index in [0.717, 1.165) is 32.1 Å². The summed E-state index contributed by atoms with van der Waals surface area (Å²) in [6.45, 7) is 10.6. The minimum Gasteiger partial charge on any atom is -0.463 e. The maximum atomic E-state index is 12.4. The maximum absolute atomic E-state index is 12.4. The number of carbonyl (C=O) groups excluding carboxylic acids is 2. The molecule has 2 aliphatic carbocycles. The Morgan fingerprint density at radius 2 is 1.84 bits per heavy atom. The monoisotopic (exact) mass is 352 g/mol. The number of carbonyl (C=O) groups is 2. The molecule has 2 heterocycles. The lowest BCUT2D eigenvalue weighted by Gasteiger charge is -2.46. The van der Waals surface area contributed by atoms with Crippen molar-refractivity contribution in [2.45, 2.75) is 78.4 Å². The second-order valence-electron chi connectivity index (χ2n) is 9.75. The first-order chi connectivity index (χ1) is 11.5. The van der Waals surface area contributed by atoms with Crippen LogP contribution in [-0.2, 0) is 23.8 Å². The molecule has 0 aromatic rings. The van der Waals surface area contributed by atoms with E-state index in [1.54, 1.807) is 0 Å². The highest BCUT2D eigenvalue weighted by Crippen LogP contribution is 2.51. The normalized spacial score (nSPS) is 34.6. The van der Waals surface area contributed by atoms with Gasteiger partial charge in [-0.25, -0.2) is 0 Å². The first-order valence-corrected chi connectivity index (χ1v) is 9.54. The fourth-order valence-electron chi connectivity index (χ4n) is 4.43. The molecular formula is C20H32O5. The van der Waals surface area contributed by atoms with E-state index in [1.807, 2.05) is 34.6 Å². The average molecular weight is 352 g/mol. The number of rotatable bonds is 5. The van der Waals surface area contributed by atoms with Crippen LogP contribution in [0.15, 0.2) is 0 Å². The van der Waals surface area contributed by atoms with Gasteiger partial charge in [-0.05, 0) is 50.9 Å². The summed E-state index contributed by atoms with van der Waals surface area (Å²) in [7, 11) is 0. The molecule has 0 radical (unpaired) electrons. The largest absolute Gasteiger partial charge is 0.463 e.